The zero-order valence-electron chi connectivity index (χ0n) is 18.6. The van der Waals surface area contributed by atoms with E-state index < -0.39 is 11.9 Å². The second kappa shape index (κ2) is 10.6. The summed E-state index contributed by atoms with van der Waals surface area (Å²) < 4.78 is 24.9. The van der Waals surface area contributed by atoms with Gasteiger partial charge in [0, 0.05) is 29.4 Å². The Balaban J connectivity index is 1.50. The molecule has 0 bridgehead atoms. The van der Waals surface area contributed by atoms with Gasteiger partial charge in [-0.25, -0.2) is 4.39 Å². The number of halogens is 2. The molecule has 34 heavy (non-hydrogen) atoms. The second-order valence-electron chi connectivity index (χ2n) is 7.92. The highest BCUT2D eigenvalue weighted by Crippen LogP contribution is 2.31. The number of rotatable bonds is 7. The van der Waals surface area contributed by atoms with Crippen molar-refractivity contribution < 1.29 is 23.5 Å². The summed E-state index contributed by atoms with van der Waals surface area (Å²) >= 11 is 6.20. The van der Waals surface area contributed by atoms with E-state index >= 15 is 0 Å². The third-order valence-corrected chi connectivity index (χ3v) is 5.77. The number of nitrogens with zero attached hydrogens (tertiary/aromatic N) is 1. The largest absolute Gasteiger partial charge is 0.484 e. The lowest BCUT2D eigenvalue weighted by Crippen LogP contribution is -2.38. The number of fused-ring (bicyclic) bond motifs is 1. The first-order chi connectivity index (χ1) is 16.4. The van der Waals surface area contributed by atoms with Crippen molar-refractivity contribution in [3.05, 3.63) is 88.7 Å². The lowest BCUT2D eigenvalue weighted by molar-refractivity contribution is -0.139. The fourth-order valence-electron chi connectivity index (χ4n) is 3.70. The first-order valence-electron chi connectivity index (χ1n) is 10.9. The summed E-state index contributed by atoms with van der Waals surface area (Å²) in [4.78, 5) is 27.1. The SMILES string of the molecule is CCC1Oc2ccc(NC(=O)COc3ccccc3)cc2CN(Cc2ccc(F)cc2Cl)C1=O. The summed E-state index contributed by atoms with van der Waals surface area (Å²) in [6, 6.07) is 18.4. The third kappa shape index (κ3) is 5.66. The zero-order chi connectivity index (χ0) is 24.1. The van der Waals surface area contributed by atoms with Gasteiger partial charge in [0.1, 0.15) is 17.3 Å². The average molecular weight is 483 g/mol. The maximum Gasteiger partial charge on any atom is 0.264 e. The molecule has 1 unspecified atom stereocenters. The summed E-state index contributed by atoms with van der Waals surface area (Å²) in [6.45, 7) is 2.20. The molecule has 0 radical (unpaired) electrons. The van der Waals surface area contributed by atoms with Crippen molar-refractivity contribution in [2.75, 3.05) is 11.9 Å². The van der Waals surface area contributed by atoms with E-state index in [-0.39, 0.29) is 36.5 Å². The molecule has 1 N–H and O–H groups in total. The van der Waals surface area contributed by atoms with Gasteiger partial charge in [0.05, 0.1) is 0 Å². The van der Waals surface area contributed by atoms with Crippen molar-refractivity contribution in [1.29, 1.82) is 0 Å². The summed E-state index contributed by atoms with van der Waals surface area (Å²) in [5.41, 5.74) is 1.94. The number of nitrogens with one attached hydrogen (secondary N) is 1. The molecule has 3 aromatic rings. The molecule has 4 rings (SSSR count). The number of amides is 2. The number of carbonyl (C=O) groups is 2. The zero-order valence-corrected chi connectivity index (χ0v) is 19.3. The van der Waals surface area contributed by atoms with Gasteiger partial charge >= 0.3 is 0 Å². The number of hydrogen-bond donors (Lipinski definition) is 1. The molecule has 1 aliphatic rings. The minimum absolute atomic E-state index is 0.136. The molecule has 0 spiro atoms. The predicted octanol–water partition coefficient (Wildman–Crippen LogP) is 5.20. The molecule has 1 atom stereocenters. The van der Waals surface area contributed by atoms with Crippen LogP contribution in [0.3, 0.4) is 0 Å². The molecule has 0 fully saturated rings. The fraction of sp³-hybridized carbons (Fsp3) is 0.231. The summed E-state index contributed by atoms with van der Waals surface area (Å²) in [6.07, 6.45) is -0.165. The minimum Gasteiger partial charge on any atom is -0.484 e. The molecule has 6 nitrogen and oxygen atoms in total. The van der Waals surface area contributed by atoms with Crippen LogP contribution in [-0.2, 0) is 22.7 Å². The lowest BCUT2D eigenvalue weighted by Gasteiger charge is -2.23. The highest BCUT2D eigenvalue weighted by Gasteiger charge is 2.30. The van der Waals surface area contributed by atoms with Crippen LogP contribution in [0.4, 0.5) is 10.1 Å². The minimum atomic E-state index is -0.653. The van der Waals surface area contributed by atoms with E-state index in [1.165, 1.54) is 12.1 Å². The molecular formula is C26H24ClFN2O4. The number of para-hydroxylation sites is 1. The van der Waals surface area contributed by atoms with Crippen LogP contribution in [0, 0.1) is 5.82 Å². The topological polar surface area (TPSA) is 67.9 Å². The van der Waals surface area contributed by atoms with E-state index in [1.807, 2.05) is 25.1 Å². The maximum atomic E-state index is 13.5. The van der Waals surface area contributed by atoms with Crippen LogP contribution >= 0.6 is 11.6 Å². The molecule has 2 amide bonds. The Bertz CT molecular complexity index is 1190. The van der Waals surface area contributed by atoms with Gasteiger partial charge in [-0.1, -0.05) is 42.8 Å². The smallest absolute Gasteiger partial charge is 0.264 e. The number of hydrogen-bond acceptors (Lipinski definition) is 4. The van der Waals surface area contributed by atoms with Crippen LogP contribution in [-0.4, -0.2) is 29.4 Å². The molecule has 0 aliphatic carbocycles. The maximum absolute atomic E-state index is 13.5. The van der Waals surface area contributed by atoms with E-state index in [0.29, 0.717) is 29.2 Å². The number of ether oxygens (including phenoxy) is 2. The standard InChI is InChI=1S/C26H24ClFN2O4/c1-2-23-26(32)30(14-17-8-9-19(28)13-22(17)27)15-18-12-20(10-11-24(18)34-23)29-25(31)16-33-21-6-4-3-5-7-21/h3-13,23H,2,14-16H2,1H3,(H,29,31). The Morgan fingerprint density at radius 3 is 2.71 bits per heavy atom. The number of benzene rings is 3. The highest BCUT2D eigenvalue weighted by molar-refractivity contribution is 6.31. The lowest BCUT2D eigenvalue weighted by atomic mass is 10.1. The molecule has 1 aliphatic heterocycles. The predicted molar refractivity (Wildman–Crippen MR) is 127 cm³/mol. The molecule has 0 aromatic heterocycles. The Labute approximate surface area is 202 Å². The van der Waals surface area contributed by atoms with Crippen molar-refractivity contribution in [3.63, 3.8) is 0 Å². The van der Waals surface area contributed by atoms with Crippen molar-refractivity contribution in [1.82, 2.24) is 4.90 Å². The molecule has 0 saturated heterocycles. The quantitative estimate of drug-likeness (QED) is 0.503. The van der Waals surface area contributed by atoms with E-state index in [9.17, 15) is 14.0 Å². The molecule has 0 saturated carbocycles. The monoisotopic (exact) mass is 482 g/mol. The van der Waals surface area contributed by atoms with Gasteiger partial charge in [0.25, 0.3) is 11.8 Å². The Kier molecular flexibility index (Phi) is 7.33. The molecular weight excluding hydrogens is 459 g/mol. The average Bonchev–Trinajstić information content (AvgIpc) is 2.96. The van der Waals surface area contributed by atoms with Gasteiger partial charge in [-0.3, -0.25) is 9.59 Å². The van der Waals surface area contributed by atoms with Crippen LogP contribution in [0.15, 0.2) is 66.7 Å². The van der Waals surface area contributed by atoms with Crippen LogP contribution < -0.4 is 14.8 Å². The van der Waals surface area contributed by atoms with Gasteiger partial charge in [-0.15, -0.1) is 0 Å². The van der Waals surface area contributed by atoms with Crippen LogP contribution in [0.25, 0.3) is 0 Å². The Hall–Kier alpha value is -3.58. The number of carbonyl (C=O) groups excluding carboxylic acids is 2. The normalized spacial score (nSPS) is 15.2. The molecule has 8 heteroatoms. The number of anilines is 1. The first kappa shape index (κ1) is 23.6. The highest BCUT2D eigenvalue weighted by atomic mass is 35.5. The third-order valence-electron chi connectivity index (χ3n) is 5.42. The van der Waals surface area contributed by atoms with Gasteiger partial charge in [0.2, 0.25) is 0 Å². The van der Waals surface area contributed by atoms with Gasteiger partial charge < -0.3 is 19.7 Å². The van der Waals surface area contributed by atoms with Crippen LogP contribution in [0.2, 0.25) is 5.02 Å². The summed E-state index contributed by atoms with van der Waals surface area (Å²) in [7, 11) is 0. The van der Waals surface area contributed by atoms with E-state index in [2.05, 4.69) is 5.32 Å². The summed E-state index contributed by atoms with van der Waals surface area (Å²) in [5, 5.41) is 3.07. The van der Waals surface area contributed by atoms with Crippen molar-refractivity contribution in [2.45, 2.75) is 32.5 Å². The molecule has 1 heterocycles. The Morgan fingerprint density at radius 2 is 1.97 bits per heavy atom. The molecule has 176 valence electrons. The van der Waals surface area contributed by atoms with Crippen LogP contribution in [0.5, 0.6) is 11.5 Å². The summed E-state index contributed by atoms with van der Waals surface area (Å²) in [5.74, 6) is 0.253. The second-order valence-corrected chi connectivity index (χ2v) is 8.32. The van der Waals surface area contributed by atoms with E-state index in [0.717, 1.165) is 5.56 Å². The molecule has 3 aromatic carbocycles. The first-order valence-corrected chi connectivity index (χ1v) is 11.3. The van der Waals surface area contributed by atoms with Gasteiger partial charge in [0.15, 0.2) is 12.7 Å². The Morgan fingerprint density at radius 1 is 1.18 bits per heavy atom. The van der Waals surface area contributed by atoms with E-state index in [1.54, 1.807) is 41.3 Å². The van der Waals surface area contributed by atoms with E-state index in [4.69, 9.17) is 21.1 Å². The van der Waals surface area contributed by atoms with Crippen molar-refractivity contribution >= 4 is 29.1 Å². The van der Waals surface area contributed by atoms with Gasteiger partial charge in [-0.05, 0) is 54.4 Å². The van der Waals surface area contributed by atoms with Crippen LogP contribution in [0.1, 0.15) is 24.5 Å². The van der Waals surface area contributed by atoms with Crippen molar-refractivity contribution in [3.8, 4) is 11.5 Å². The van der Waals surface area contributed by atoms with Crippen molar-refractivity contribution in [2.24, 2.45) is 0 Å². The fourth-order valence-corrected chi connectivity index (χ4v) is 3.92. The van der Waals surface area contributed by atoms with Gasteiger partial charge in [-0.2, -0.15) is 0 Å².